The second kappa shape index (κ2) is 8.17. The van der Waals surface area contributed by atoms with Crippen LogP contribution >= 0.6 is 0 Å². The number of fused-ring (bicyclic) bond motifs is 1. The summed E-state index contributed by atoms with van der Waals surface area (Å²) in [4.78, 5) is 35.9. The fraction of sp³-hybridized carbons (Fsp3) is 0.632. The van der Waals surface area contributed by atoms with Crippen molar-refractivity contribution in [3.8, 4) is 0 Å². The first-order valence-electron chi connectivity index (χ1n) is 10.2. The molecule has 2 fully saturated rings. The molecule has 1 amide bonds. The van der Waals surface area contributed by atoms with Crippen molar-refractivity contribution in [2.24, 2.45) is 0 Å². The fourth-order valence-corrected chi connectivity index (χ4v) is 3.63. The van der Waals surface area contributed by atoms with E-state index in [9.17, 15) is 14.9 Å². The predicted octanol–water partition coefficient (Wildman–Crippen LogP) is 2.07. The molecule has 168 valence electrons. The Balaban J connectivity index is 1.54. The molecule has 12 heteroatoms. The van der Waals surface area contributed by atoms with Crippen molar-refractivity contribution in [2.45, 2.75) is 38.8 Å². The maximum Gasteiger partial charge on any atom is 0.407 e. The first-order valence-corrected chi connectivity index (χ1v) is 10.2. The van der Waals surface area contributed by atoms with Crippen LogP contribution < -0.4 is 15.1 Å². The number of hydrogen-bond acceptors (Lipinski definition) is 10. The van der Waals surface area contributed by atoms with Gasteiger partial charge in [0.05, 0.1) is 30.2 Å². The van der Waals surface area contributed by atoms with Crippen molar-refractivity contribution in [1.82, 2.24) is 15.3 Å². The van der Waals surface area contributed by atoms with E-state index in [0.717, 1.165) is 0 Å². The van der Waals surface area contributed by atoms with Crippen molar-refractivity contribution in [3.63, 3.8) is 0 Å². The summed E-state index contributed by atoms with van der Waals surface area (Å²) in [5.41, 5.74) is -0.181. The van der Waals surface area contributed by atoms with Gasteiger partial charge in [0.15, 0.2) is 5.58 Å². The van der Waals surface area contributed by atoms with E-state index >= 15 is 0 Å². The van der Waals surface area contributed by atoms with E-state index in [4.69, 9.17) is 13.9 Å². The number of nitro groups is 1. The minimum Gasteiger partial charge on any atom is -0.444 e. The van der Waals surface area contributed by atoms with Gasteiger partial charge in [0.2, 0.25) is 11.5 Å². The van der Waals surface area contributed by atoms with Crippen molar-refractivity contribution in [3.05, 3.63) is 16.2 Å². The van der Waals surface area contributed by atoms with E-state index in [1.54, 1.807) is 25.7 Å². The highest BCUT2D eigenvalue weighted by Crippen LogP contribution is 2.33. The zero-order valence-electron chi connectivity index (χ0n) is 17.8. The summed E-state index contributed by atoms with van der Waals surface area (Å²) in [7, 11) is 0. The highest BCUT2D eigenvalue weighted by molar-refractivity contribution is 5.79. The molecular formula is C19H26N6O6. The van der Waals surface area contributed by atoms with Crippen LogP contribution in [0.3, 0.4) is 0 Å². The Bertz CT molecular complexity index is 980. The number of anilines is 2. The number of carbonyl (C=O) groups is 1. The number of oxazole rings is 1. The zero-order chi connectivity index (χ0) is 22.2. The quantitative estimate of drug-likeness (QED) is 0.562. The topological polar surface area (TPSA) is 136 Å². The van der Waals surface area contributed by atoms with Crippen molar-refractivity contribution < 1.29 is 23.6 Å². The Kier molecular flexibility index (Phi) is 5.56. The van der Waals surface area contributed by atoms with Gasteiger partial charge in [0.1, 0.15) is 5.60 Å². The first-order chi connectivity index (χ1) is 14.7. The Morgan fingerprint density at radius 1 is 1.26 bits per heavy atom. The van der Waals surface area contributed by atoms with E-state index in [2.05, 4.69) is 15.3 Å². The highest BCUT2D eigenvalue weighted by atomic mass is 16.6. The molecular weight excluding hydrogens is 408 g/mol. The number of nitrogens with one attached hydrogen (secondary N) is 1. The summed E-state index contributed by atoms with van der Waals surface area (Å²) < 4.78 is 16.4. The highest BCUT2D eigenvalue weighted by Gasteiger charge is 2.32. The van der Waals surface area contributed by atoms with Crippen LogP contribution in [0.2, 0.25) is 0 Å². The Morgan fingerprint density at radius 2 is 2.00 bits per heavy atom. The van der Waals surface area contributed by atoms with Gasteiger partial charge in [0, 0.05) is 26.2 Å². The number of hydrogen-bond donors (Lipinski definition) is 1. The number of pyridine rings is 1. The number of rotatable bonds is 4. The van der Waals surface area contributed by atoms with Gasteiger partial charge in [-0.25, -0.2) is 9.78 Å². The summed E-state index contributed by atoms with van der Waals surface area (Å²) in [6, 6.07) is 1.54. The molecule has 0 saturated carbocycles. The molecule has 1 atom stereocenters. The molecule has 0 aliphatic carbocycles. The second-order valence-electron chi connectivity index (χ2n) is 8.58. The van der Waals surface area contributed by atoms with Crippen molar-refractivity contribution in [1.29, 1.82) is 0 Å². The summed E-state index contributed by atoms with van der Waals surface area (Å²) in [5.74, 6) is 0.216. The molecule has 31 heavy (non-hydrogen) atoms. The number of carbonyl (C=O) groups excluding carboxylic acids is 1. The van der Waals surface area contributed by atoms with Crippen LogP contribution in [-0.4, -0.2) is 72.0 Å². The molecule has 0 spiro atoms. The molecule has 0 radical (unpaired) electrons. The summed E-state index contributed by atoms with van der Waals surface area (Å²) >= 11 is 0. The number of alkyl carbamates (subject to hydrolysis) is 1. The van der Waals surface area contributed by atoms with E-state index in [-0.39, 0.29) is 23.1 Å². The standard InChI is InChI=1S/C19H26N6O6/c1-19(2,3)31-18(26)20-12-4-5-24(11-12)16-13(25(27)28)10-14-15(21-16)22-17(30-14)23-6-8-29-9-7-23/h10,12H,4-9,11H2,1-3H3,(H,20,26)/t12-/m1/s1. The smallest absolute Gasteiger partial charge is 0.407 e. The van der Waals surface area contributed by atoms with Gasteiger partial charge in [-0.1, -0.05) is 0 Å². The summed E-state index contributed by atoms with van der Waals surface area (Å²) in [6.45, 7) is 8.66. The third kappa shape index (κ3) is 4.79. The Hall–Kier alpha value is -3.15. The summed E-state index contributed by atoms with van der Waals surface area (Å²) in [6.07, 6.45) is 0.109. The third-order valence-electron chi connectivity index (χ3n) is 5.02. The number of amides is 1. The average molecular weight is 434 g/mol. The molecule has 0 unspecified atom stereocenters. The molecule has 0 aromatic carbocycles. The Labute approximate surface area is 178 Å². The number of aromatic nitrogens is 2. The maximum atomic E-state index is 12.0. The maximum absolute atomic E-state index is 12.0. The van der Waals surface area contributed by atoms with Gasteiger partial charge in [-0.15, -0.1) is 0 Å². The lowest BCUT2D eigenvalue weighted by molar-refractivity contribution is -0.384. The molecule has 2 saturated heterocycles. The van der Waals surface area contributed by atoms with Crippen LogP contribution in [0.15, 0.2) is 10.5 Å². The molecule has 12 nitrogen and oxygen atoms in total. The number of ether oxygens (including phenoxy) is 2. The van der Waals surface area contributed by atoms with Crippen LogP contribution in [0.5, 0.6) is 0 Å². The molecule has 2 aromatic rings. The number of morpholine rings is 1. The average Bonchev–Trinajstić information content (AvgIpc) is 3.32. The molecule has 4 heterocycles. The van der Waals surface area contributed by atoms with Gasteiger partial charge in [-0.3, -0.25) is 10.1 Å². The molecule has 0 bridgehead atoms. The second-order valence-corrected chi connectivity index (χ2v) is 8.58. The normalized spacial score (nSPS) is 19.6. The number of nitrogens with zero attached hydrogens (tertiary/aromatic N) is 5. The third-order valence-corrected chi connectivity index (χ3v) is 5.02. The molecule has 1 N–H and O–H groups in total. The molecule has 2 aromatic heterocycles. The van der Waals surface area contributed by atoms with Crippen LogP contribution in [0.1, 0.15) is 27.2 Å². The monoisotopic (exact) mass is 434 g/mol. The van der Waals surface area contributed by atoms with Gasteiger partial charge in [-0.2, -0.15) is 4.98 Å². The molecule has 4 rings (SSSR count). The van der Waals surface area contributed by atoms with Crippen LogP contribution in [0, 0.1) is 10.1 Å². The van der Waals surface area contributed by atoms with E-state index in [1.807, 2.05) is 4.90 Å². The summed E-state index contributed by atoms with van der Waals surface area (Å²) in [5, 5.41) is 14.5. The zero-order valence-corrected chi connectivity index (χ0v) is 17.8. The lowest BCUT2D eigenvalue weighted by atomic mass is 10.2. The van der Waals surface area contributed by atoms with Gasteiger partial charge in [0.25, 0.3) is 6.01 Å². The minimum atomic E-state index is -0.598. The molecule has 2 aliphatic rings. The lowest BCUT2D eigenvalue weighted by Gasteiger charge is -2.24. The van der Waals surface area contributed by atoms with E-state index < -0.39 is 16.6 Å². The van der Waals surface area contributed by atoms with Gasteiger partial charge < -0.3 is 29.0 Å². The van der Waals surface area contributed by atoms with E-state index in [0.29, 0.717) is 57.5 Å². The van der Waals surface area contributed by atoms with Crippen LogP contribution in [0.25, 0.3) is 11.2 Å². The van der Waals surface area contributed by atoms with Crippen molar-refractivity contribution in [2.75, 3.05) is 49.2 Å². The molecule has 2 aliphatic heterocycles. The first kappa shape index (κ1) is 21.1. The minimum absolute atomic E-state index is 0.157. The van der Waals surface area contributed by atoms with Gasteiger partial charge in [-0.05, 0) is 27.2 Å². The van der Waals surface area contributed by atoms with Crippen molar-refractivity contribution >= 4 is 34.8 Å². The Morgan fingerprint density at radius 3 is 2.68 bits per heavy atom. The fourth-order valence-electron chi connectivity index (χ4n) is 3.63. The largest absolute Gasteiger partial charge is 0.444 e. The SMILES string of the molecule is CC(C)(C)OC(=O)N[C@@H]1CCN(c2nc3nc(N4CCOCC4)oc3cc2[N+](=O)[O-])C1. The van der Waals surface area contributed by atoms with Crippen LogP contribution in [0.4, 0.5) is 22.3 Å². The van der Waals surface area contributed by atoms with E-state index in [1.165, 1.54) is 6.07 Å². The lowest BCUT2D eigenvalue weighted by Crippen LogP contribution is -2.40. The van der Waals surface area contributed by atoms with Crippen LogP contribution in [-0.2, 0) is 9.47 Å². The van der Waals surface area contributed by atoms with Gasteiger partial charge >= 0.3 is 11.8 Å². The predicted molar refractivity (Wildman–Crippen MR) is 111 cm³/mol.